The van der Waals surface area contributed by atoms with Gasteiger partial charge in [-0.25, -0.2) is 4.98 Å². The number of imidazole rings is 1. The fourth-order valence-corrected chi connectivity index (χ4v) is 3.20. The second kappa shape index (κ2) is 6.66. The average molecular weight is 388 g/mol. The molecule has 0 saturated carbocycles. The van der Waals surface area contributed by atoms with Crippen LogP contribution in [0.3, 0.4) is 0 Å². The summed E-state index contributed by atoms with van der Waals surface area (Å²) >= 11 is 0. The van der Waals surface area contributed by atoms with E-state index in [1.165, 1.54) is 0 Å². The van der Waals surface area contributed by atoms with Crippen molar-refractivity contribution in [1.29, 1.82) is 0 Å². The Hall–Kier alpha value is -3.36. The molecule has 28 heavy (non-hydrogen) atoms. The minimum atomic E-state index is -4.50. The Kier molecular flexibility index (Phi) is 4.29. The topological polar surface area (TPSA) is 58.4 Å². The summed E-state index contributed by atoms with van der Waals surface area (Å²) in [5, 5.41) is 0. The van der Waals surface area contributed by atoms with Gasteiger partial charge in [0.1, 0.15) is 19.4 Å². The van der Waals surface area contributed by atoms with E-state index in [9.17, 15) is 22.8 Å². The standard InChI is InChI=1S/C19H15F3N4O2/c20-19(21,22)10-25-12-24(9-17(25)27)18(28)13-5-7-14(8-6-13)26-11-23-15-3-1-2-4-16(15)26/h1-8,11H,9-10,12H2. The van der Waals surface area contributed by atoms with Gasteiger partial charge in [-0.3, -0.25) is 14.2 Å². The van der Waals surface area contributed by atoms with Crippen LogP contribution in [0, 0.1) is 0 Å². The van der Waals surface area contributed by atoms with Gasteiger partial charge in [-0.2, -0.15) is 13.2 Å². The molecule has 1 fully saturated rings. The number of benzene rings is 2. The molecule has 1 aromatic heterocycles. The summed E-state index contributed by atoms with van der Waals surface area (Å²) in [6.07, 6.45) is -2.82. The van der Waals surface area contributed by atoms with Gasteiger partial charge in [-0.05, 0) is 36.4 Å². The van der Waals surface area contributed by atoms with Crippen LogP contribution in [0.2, 0.25) is 0 Å². The van der Waals surface area contributed by atoms with Crippen LogP contribution in [0.25, 0.3) is 16.7 Å². The lowest BCUT2D eigenvalue weighted by Gasteiger charge is -2.19. The molecular formula is C19H15F3N4O2. The van der Waals surface area contributed by atoms with Crippen LogP contribution < -0.4 is 0 Å². The number of carbonyl (C=O) groups excluding carboxylic acids is 2. The molecule has 1 aliphatic rings. The molecule has 2 amide bonds. The molecule has 0 N–H and O–H groups in total. The maximum Gasteiger partial charge on any atom is 0.406 e. The van der Waals surface area contributed by atoms with Crippen molar-refractivity contribution in [1.82, 2.24) is 19.4 Å². The summed E-state index contributed by atoms with van der Waals surface area (Å²) in [4.78, 5) is 30.4. The van der Waals surface area contributed by atoms with E-state index in [1.54, 1.807) is 30.6 Å². The third kappa shape index (κ3) is 3.42. The van der Waals surface area contributed by atoms with Crippen molar-refractivity contribution in [3.63, 3.8) is 0 Å². The first-order valence-electron chi connectivity index (χ1n) is 8.48. The molecule has 0 bridgehead atoms. The first-order valence-corrected chi connectivity index (χ1v) is 8.48. The zero-order chi connectivity index (χ0) is 19.9. The van der Waals surface area contributed by atoms with E-state index in [4.69, 9.17) is 0 Å². The average Bonchev–Trinajstić information content (AvgIpc) is 3.24. The molecule has 3 aromatic rings. The van der Waals surface area contributed by atoms with Gasteiger partial charge in [0, 0.05) is 11.3 Å². The van der Waals surface area contributed by atoms with Crippen LogP contribution in [0.1, 0.15) is 10.4 Å². The monoisotopic (exact) mass is 388 g/mol. The molecule has 6 nitrogen and oxygen atoms in total. The lowest BCUT2D eigenvalue weighted by molar-refractivity contribution is -0.157. The van der Waals surface area contributed by atoms with Crippen LogP contribution in [-0.4, -0.2) is 57.1 Å². The number of alkyl halides is 3. The van der Waals surface area contributed by atoms with E-state index in [2.05, 4.69) is 4.98 Å². The minimum Gasteiger partial charge on any atom is -0.314 e. The molecule has 9 heteroatoms. The quantitative estimate of drug-likeness (QED) is 0.693. The number of aromatic nitrogens is 2. The van der Waals surface area contributed by atoms with Crippen molar-refractivity contribution in [3.05, 3.63) is 60.4 Å². The van der Waals surface area contributed by atoms with Crippen molar-refractivity contribution in [2.24, 2.45) is 0 Å². The molecule has 0 aliphatic carbocycles. The first-order chi connectivity index (χ1) is 13.3. The van der Waals surface area contributed by atoms with Crippen LogP contribution in [0.15, 0.2) is 54.9 Å². The Morgan fingerprint density at radius 3 is 2.50 bits per heavy atom. The van der Waals surface area contributed by atoms with Crippen molar-refractivity contribution in [2.45, 2.75) is 6.18 Å². The number of rotatable bonds is 3. The molecule has 2 heterocycles. The summed E-state index contributed by atoms with van der Waals surface area (Å²) in [6.45, 7) is -2.09. The van der Waals surface area contributed by atoms with Crippen LogP contribution in [-0.2, 0) is 4.79 Å². The van der Waals surface area contributed by atoms with Gasteiger partial charge in [0.15, 0.2) is 0 Å². The van der Waals surface area contributed by atoms with E-state index >= 15 is 0 Å². The van der Waals surface area contributed by atoms with Crippen LogP contribution in [0.5, 0.6) is 0 Å². The van der Waals surface area contributed by atoms with Gasteiger partial charge in [0.2, 0.25) is 5.91 Å². The zero-order valence-corrected chi connectivity index (χ0v) is 14.6. The summed E-state index contributed by atoms with van der Waals surface area (Å²) in [7, 11) is 0. The second-order valence-corrected chi connectivity index (χ2v) is 6.50. The molecule has 0 atom stereocenters. The Labute approximate surface area is 157 Å². The molecule has 0 unspecified atom stereocenters. The van der Waals surface area contributed by atoms with Crippen LogP contribution >= 0.6 is 0 Å². The Morgan fingerprint density at radius 1 is 1.07 bits per heavy atom. The van der Waals surface area contributed by atoms with Gasteiger partial charge in [-0.1, -0.05) is 12.1 Å². The normalized spacial score (nSPS) is 14.9. The first kappa shape index (κ1) is 18.0. The Bertz CT molecular complexity index is 1040. The number of fused-ring (bicyclic) bond motifs is 1. The number of hydrogen-bond acceptors (Lipinski definition) is 3. The number of halogens is 3. The molecule has 2 aromatic carbocycles. The zero-order valence-electron chi connectivity index (χ0n) is 14.6. The highest BCUT2D eigenvalue weighted by molar-refractivity contribution is 5.98. The fraction of sp³-hybridized carbons (Fsp3) is 0.211. The number of hydrogen-bond donors (Lipinski definition) is 0. The molecule has 1 aliphatic heterocycles. The van der Waals surface area contributed by atoms with Crippen molar-refractivity contribution >= 4 is 22.8 Å². The summed E-state index contributed by atoms with van der Waals surface area (Å²) < 4.78 is 39.4. The lowest BCUT2D eigenvalue weighted by atomic mass is 10.2. The van der Waals surface area contributed by atoms with Crippen molar-refractivity contribution < 1.29 is 22.8 Å². The Morgan fingerprint density at radius 2 is 1.79 bits per heavy atom. The maximum absolute atomic E-state index is 12.6. The highest BCUT2D eigenvalue weighted by atomic mass is 19.4. The predicted molar refractivity (Wildman–Crippen MR) is 94.7 cm³/mol. The highest BCUT2D eigenvalue weighted by Gasteiger charge is 2.39. The van der Waals surface area contributed by atoms with E-state index in [-0.39, 0.29) is 13.2 Å². The summed E-state index contributed by atoms with van der Waals surface area (Å²) in [5.41, 5.74) is 2.84. The molecule has 4 rings (SSSR count). The molecule has 0 spiro atoms. The van der Waals surface area contributed by atoms with E-state index < -0.39 is 24.5 Å². The van der Waals surface area contributed by atoms with Gasteiger partial charge in [0.25, 0.3) is 5.91 Å². The van der Waals surface area contributed by atoms with Gasteiger partial charge in [-0.15, -0.1) is 0 Å². The predicted octanol–water partition coefficient (Wildman–Crippen LogP) is 2.83. The number of nitrogens with zero attached hydrogens (tertiary/aromatic N) is 4. The second-order valence-electron chi connectivity index (χ2n) is 6.50. The molecule has 1 saturated heterocycles. The van der Waals surface area contributed by atoms with E-state index in [0.29, 0.717) is 10.5 Å². The SMILES string of the molecule is O=C1CN(C(=O)c2ccc(-n3cnc4ccccc43)cc2)CN1CC(F)(F)F. The van der Waals surface area contributed by atoms with Crippen LogP contribution in [0.4, 0.5) is 13.2 Å². The molecule has 144 valence electrons. The number of para-hydroxylation sites is 2. The smallest absolute Gasteiger partial charge is 0.314 e. The third-order valence-corrected chi connectivity index (χ3v) is 4.52. The molecule has 0 radical (unpaired) electrons. The van der Waals surface area contributed by atoms with Crippen molar-refractivity contribution in [3.8, 4) is 5.69 Å². The summed E-state index contributed by atoms with van der Waals surface area (Å²) in [6, 6.07) is 14.2. The van der Waals surface area contributed by atoms with E-state index in [1.807, 2.05) is 28.8 Å². The minimum absolute atomic E-state index is 0.301. The summed E-state index contributed by atoms with van der Waals surface area (Å²) in [5.74, 6) is -1.20. The van der Waals surface area contributed by atoms with Gasteiger partial charge >= 0.3 is 6.18 Å². The lowest BCUT2D eigenvalue weighted by Crippen LogP contribution is -2.37. The highest BCUT2D eigenvalue weighted by Crippen LogP contribution is 2.22. The Balaban J connectivity index is 1.51. The largest absolute Gasteiger partial charge is 0.406 e. The third-order valence-electron chi connectivity index (χ3n) is 4.52. The number of amides is 2. The van der Waals surface area contributed by atoms with Gasteiger partial charge in [0.05, 0.1) is 17.7 Å². The fourth-order valence-electron chi connectivity index (χ4n) is 3.20. The van der Waals surface area contributed by atoms with Gasteiger partial charge < -0.3 is 9.80 Å². The van der Waals surface area contributed by atoms with E-state index in [0.717, 1.165) is 21.6 Å². The van der Waals surface area contributed by atoms with Crippen molar-refractivity contribution in [2.75, 3.05) is 19.8 Å². The molecular weight excluding hydrogens is 373 g/mol. The number of carbonyl (C=O) groups is 2. The maximum atomic E-state index is 12.6.